The zero-order valence-electron chi connectivity index (χ0n) is 19.9. The summed E-state index contributed by atoms with van der Waals surface area (Å²) < 4.78 is 0. The third-order valence-electron chi connectivity index (χ3n) is 10.9. The van der Waals surface area contributed by atoms with Crippen LogP contribution in [0.15, 0.2) is 0 Å². The third-order valence-corrected chi connectivity index (χ3v) is 10.9. The first-order valence-electron chi connectivity index (χ1n) is 13.0. The molecule has 0 aromatic carbocycles. The van der Waals surface area contributed by atoms with Crippen LogP contribution in [0.3, 0.4) is 0 Å². The van der Waals surface area contributed by atoms with E-state index >= 15 is 0 Å². The molecule has 0 spiro atoms. The molecule has 29 heavy (non-hydrogen) atoms. The summed E-state index contributed by atoms with van der Waals surface area (Å²) in [5.41, 5.74) is 0.804. The van der Waals surface area contributed by atoms with Crippen molar-refractivity contribution in [1.82, 2.24) is 0 Å². The molecule has 0 radical (unpaired) electrons. The smallest absolute Gasteiger partial charge is 0.0832 e. The maximum atomic E-state index is 10.8. The van der Waals surface area contributed by atoms with Crippen molar-refractivity contribution >= 4 is 0 Å². The van der Waals surface area contributed by atoms with E-state index in [2.05, 4.69) is 34.6 Å². The zero-order valence-corrected chi connectivity index (χ0v) is 19.9. The Morgan fingerprint density at radius 1 is 0.759 bits per heavy atom. The number of aliphatic hydroxyl groups excluding tert-OH is 2. The molecule has 2 N–H and O–H groups in total. The van der Waals surface area contributed by atoms with Gasteiger partial charge >= 0.3 is 0 Å². The van der Waals surface area contributed by atoms with Gasteiger partial charge in [0.1, 0.15) is 0 Å². The molecule has 0 aromatic rings. The molecule has 2 nitrogen and oxygen atoms in total. The Hall–Kier alpha value is -0.0800. The van der Waals surface area contributed by atoms with Gasteiger partial charge < -0.3 is 10.2 Å². The SMILES string of the molecule is CC(C)CCC[C@@H](C)[C@@H]1CC[C@@H]2[C@@H]3CC[C@H]4[C@H](O)[C@H](O)CC[C@]4(C)[C@@H]3CC[C@]21C. The lowest BCUT2D eigenvalue weighted by atomic mass is 9.44. The molecule has 4 saturated carbocycles. The number of hydrogen-bond donors (Lipinski definition) is 2. The Balaban J connectivity index is 1.48. The molecule has 0 aliphatic heterocycles. The highest BCUT2D eigenvalue weighted by atomic mass is 16.3. The van der Waals surface area contributed by atoms with E-state index in [1.54, 1.807) is 0 Å². The highest BCUT2D eigenvalue weighted by Crippen LogP contribution is 2.68. The molecular weight excluding hydrogens is 356 g/mol. The summed E-state index contributed by atoms with van der Waals surface area (Å²) in [5, 5.41) is 21.0. The van der Waals surface area contributed by atoms with Gasteiger partial charge in [0.05, 0.1) is 12.2 Å². The molecule has 0 aromatic heterocycles. The second-order valence-corrected chi connectivity index (χ2v) is 12.7. The molecule has 2 heteroatoms. The lowest BCUT2D eigenvalue weighted by Gasteiger charge is -2.62. The standard InChI is InChI=1S/C27H48O2/c1-17(2)7-6-8-18(3)20-11-12-21-19-9-10-23-25(29)24(28)14-16-27(23,5)22(19)13-15-26(20,21)4/h17-25,28-29H,6-16H2,1-5H3/t18-,19+,20+,21-,22-,23+,24-,25+,26+,27-/m1/s1. The summed E-state index contributed by atoms with van der Waals surface area (Å²) in [5.74, 6) is 5.50. The van der Waals surface area contributed by atoms with Crippen LogP contribution in [0.2, 0.25) is 0 Å². The Morgan fingerprint density at radius 2 is 1.41 bits per heavy atom. The third kappa shape index (κ3) is 3.63. The van der Waals surface area contributed by atoms with Crippen LogP contribution in [-0.4, -0.2) is 22.4 Å². The fourth-order valence-corrected chi connectivity index (χ4v) is 9.34. The van der Waals surface area contributed by atoms with E-state index < -0.39 is 12.2 Å². The topological polar surface area (TPSA) is 40.5 Å². The van der Waals surface area contributed by atoms with E-state index in [0.717, 1.165) is 54.8 Å². The van der Waals surface area contributed by atoms with E-state index in [1.165, 1.54) is 51.4 Å². The molecule has 4 aliphatic carbocycles. The van der Waals surface area contributed by atoms with Crippen LogP contribution in [0.5, 0.6) is 0 Å². The van der Waals surface area contributed by atoms with Crippen LogP contribution in [0, 0.1) is 52.3 Å². The predicted molar refractivity (Wildman–Crippen MR) is 120 cm³/mol. The van der Waals surface area contributed by atoms with Crippen molar-refractivity contribution in [2.45, 2.75) is 117 Å². The number of hydrogen-bond acceptors (Lipinski definition) is 2. The molecule has 0 heterocycles. The molecule has 0 unspecified atom stereocenters. The lowest BCUT2D eigenvalue weighted by molar-refractivity contribution is -0.174. The van der Waals surface area contributed by atoms with Crippen LogP contribution in [0.1, 0.15) is 105 Å². The van der Waals surface area contributed by atoms with Gasteiger partial charge in [-0.1, -0.05) is 53.9 Å². The van der Waals surface area contributed by atoms with E-state index in [4.69, 9.17) is 0 Å². The van der Waals surface area contributed by atoms with Crippen LogP contribution in [0.4, 0.5) is 0 Å². The molecule has 168 valence electrons. The van der Waals surface area contributed by atoms with Gasteiger partial charge in [0.15, 0.2) is 0 Å². The van der Waals surface area contributed by atoms with Crippen molar-refractivity contribution in [1.29, 1.82) is 0 Å². The molecule has 4 aliphatic rings. The van der Waals surface area contributed by atoms with E-state index in [-0.39, 0.29) is 5.41 Å². The average molecular weight is 405 g/mol. The fraction of sp³-hybridized carbons (Fsp3) is 1.00. The number of aliphatic hydroxyl groups is 2. The largest absolute Gasteiger partial charge is 0.390 e. The normalized spacial score (nSPS) is 50.7. The van der Waals surface area contributed by atoms with Crippen molar-refractivity contribution in [3.8, 4) is 0 Å². The van der Waals surface area contributed by atoms with Gasteiger partial charge in [-0.2, -0.15) is 0 Å². The van der Waals surface area contributed by atoms with Crippen LogP contribution >= 0.6 is 0 Å². The quantitative estimate of drug-likeness (QED) is 0.553. The molecule has 4 fully saturated rings. The summed E-state index contributed by atoms with van der Waals surface area (Å²) in [4.78, 5) is 0. The van der Waals surface area contributed by atoms with Crippen LogP contribution < -0.4 is 0 Å². The number of fused-ring (bicyclic) bond motifs is 5. The summed E-state index contributed by atoms with van der Waals surface area (Å²) in [6, 6.07) is 0. The van der Waals surface area contributed by atoms with Crippen molar-refractivity contribution in [3.05, 3.63) is 0 Å². The molecule has 0 saturated heterocycles. The van der Waals surface area contributed by atoms with E-state index in [0.29, 0.717) is 11.3 Å². The first-order valence-corrected chi connectivity index (χ1v) is 13.0. The van der Waals surface area contributed by atoms with E-state index in [9.17, 15) is 10.2 Å². The molecule has 4 rings (SSSR count). The maximum Gasteiger partial charge on any atom is 0.0832 e. The minimum absolute atomic E-state index is 0.254. The Labute approximate surface area is 180 Å². The van der Waals surface area contributed by atoms with Gasteiger partial charge in [0.25, 0.3) is 0 Å². The highest BCUT2D eigenvalue weighted by molar-refractivity contribution is 5.11. The van der Waals surface area contributed by atoms with Crippen molar-refractivity contribution in [2.75, 3.05) is 0 Å². The van der Waals surface area contributed by atoms with Crippen molar-refractivity contribution in [2.24, 2.45) is 52.3 Å². The van der Waals surface area contributed by atoms with Crippen molar-refractivity contribution < 1.29 is 10.2 Å². The summed E-state index contributed by atoms with van der Waals surface area (Å²) in [6.07, 6.45) is 13.3. The Morgan fingerprint density at radius 3 is 2.14 bits per heavy atom. The second-order valence-electron chi connectivity index (χ2n) is 12.7. The van der Waals surface area contributed by atoms with Gasteiger partial charge in [0, 0.05) is 0 Å². The van der Waals surface area contributed by atoms with E-state index in [1.807, 2.05) is 0 Å². The van der Waals surface area contributed by atoms with Crippen molar-refractivity contribution in [3.63, 3.8) is 0 Å². The summed E-state index contributed by atoms with van der Waals surface area (Å²) in [6.45, 7) is 12.4. The van der Waals surface area contributed by atoms with Gasteiger partial charge in [-0.3, -0.25) is 0 Å². The maximum absolute atomic E-state index is 10.8. The van der Waals surface area contributed by atoms with Gasteiger partial charge in [-0.15, -0.1) is 0 Å². The van der Waals surface area contributed by atoms with Gasteiger partial charge in [0.2, 0.25) is 0 Å². The first kappa shape index (κ1) is 22.1. The zero-order chi connectivity index (χ0) is 21.0. The predicted octanol–water partition coefficient (Wildman–Crippen LogP) is 6.44. The molecular formula is C27H48O2. The molecule has 0 amide bonds. The summed E-state index contributed by atoms with van der Waals surface area (Å²) in [7, 11) is 0. The monoisotopic (exact) mass is 404 g/mol. The molecule has 0 bridgehead atoms. The van der Waals surface area contributed by atoms with Crippen LogP contribution in [0.25, 0.3) is 0 Å². The minimum atomic E-state index is -0.486. The fourth-order valence-electron chi connectivity index (χ4n) is 9.34. The Kier molecular flexibility index (Phi) is 6.19. The minimum Gasteiger partial charge on any atom is -0.390 e. The summed E-state index contributed by atoms with van der Waals surface area (Å²) >= 11 is 0. The van der Waals surface area contributed by atoms with Gasteiger partial charge in [-0.25, -0.2) is 0 Å². The molecule has 10 atom stereocenters. The van der Waals surface area contributed by atoms with Crippen LogP contribution in [-0.2, 0) is 0 Å². The highest BCUT2D eigenvalue weighted by Gasteiger charge is 2.61. The Bertz CT molecular complexity index is 573. The number of rotatable bonds is 5. The first-order chi connectivity index (χ1) is 13.7. The van der Waals surface area contributed by atoms with Gasteiger partial charge in [-0.05, 0) is 104 Å². The second kappa shape index (κ2) is 8.12. The lowest BCUT2D eigenvalue weighted by Crippen LogP contribution is -2.58. The average Bonchev–Trinajstić information content (AvgIpc) is 3.02.